The summed E-state index contributed by atoms with van der Waals surface area (Å²) in [5.41, 5.74) is 0. The van der Waals surface area contributed by atoms with Gasteiger partial charge < -0.3 is 6.15 Å². The lowest BCUT2D eigenvalue weighted by Crippen LogP contribution is -2.19. The third-order valence-corrected chi connectivity index (χ3v) is 1.49. The van der Waals surface area contributed by atoms with Crippen LogP contribution in [0.3, 0.4) is 0 Å². The quantitative estimate of drug-likeness (QED) is 0.435. The van der Waals surface area contributed by atoms with E-state index < -0.39 is 0 Å². The Morgan fingerprint density at radius 1 is 0.800 bits per heavy atom. The van der Waals surface area contributed by atoms with Crippen LogP contribution in [0.25, 0.3) is 0 Å². The molecule has 1 fully saturated rings. The van der Waals surface area contributed by atoms with Crippen LogP contribution in [0, 0.1) is 0 Å². The van der Waals surface area contributed by atoms with Gasteiger partial charge in [-0.15, -0.1) is 0 Å². The number of amides is 4. The highest BCUT2D eigenvalue weighted by atomic mass is 16.2. The topological polar surface area (TPSA) is 127 Å². The first kappa shape index (κ1) is 13.0. The van der Waals surface area contributed by atoms with E-state index in [1.807, 2.05) is 5.32 Å². The van der Waals surface area contributed by atoms with Crippen LogP contribution in [0.15, 0.2) is 12.2 Å². The Kier molecular flexibility index (Phi) is 4.89. The summed E-state index contributed by atoms with van der Waals surface area (Å²) in [6.45, 7) is 0. The fourth-order valence-corrected chi connectivity index (χ4v) is 0.864. The van der Waals surface area contributed by atoms with Crippen LogP contribution in [0.2, 0.25) is 0 Å². The minimum absolute atomic E-state index is 0. The fourth-order valence-electron chi connectivity index (χ4n) is 0.864. The standard InChI is InChI=1S/C4H5NO2.C4H3NO2.H3N/c2*6-3-1-2-4(7)5-3;/h1-2H2,(H,5,6,7);1-2H,(H,5,6,7);1H3. The van der Waals surface area contributed by atoms with E-state index >= 15 is 0 Å². The van der Waals surface area contributed by atoms with E-state index in [4.69, 9.17) is 0 Å². The molecule has 0 aromatic heterocycles. The lowest BCUT2D eigenvalue weighted by molar-refractivity contribution is -0.125. The van der Waals surface area contributed by atoms with Crippen molar-refractivity contribution in [1.29, 1.82) is 0 Å². The Morgan fingerprint density at radius 2 is 1.20 bits per heavy atom. The second-order valence-corrected chi connectivity index (χ2v) is 2.66. The second-order valence-electron chi connectivity index (χ2n) is 2.66. The van der Waals surface area contributed by atoms with Crippen molar-refractivity contribution in [1.82, 2.24) is 16.8 Å². The average Bonchev–Trinajstić information content (AvgIpc) is 2.63. The summed E-state index contributed by atoms with van der Waals surface area (Å²) in [5.74, 6) is -0.954. The molecule has 2 aliphatic rings. The molecule has 2 aliphatic heterocycles. The third-order valence-electron chi connectivity index (χ3n) is 1.49. The molecule has 0 spiro atoms. The maximum absolute atomic E-state index is 10.1. The molecule has 0 atom stereocenters. The zero-order chi connectivity index (χ0) is 10.6. The first-order valence-corrected chi connectivity index (χ1v) is 3.93. The molecule has 15 heavy (non-hydrogen) atoms. The van der Waals surface area contributed by atoms with E-state index in [-0.39, 0.29) is 29.8 Å². The molecule has 4 amide bonds. The normalized spacial score (nSPS) is 17.6. The van der Waals surface area contributed by atoms with Gasteiger partial charge in [0.15, 0.2) is 0 Å². The number of carbonyl (C=O) groups is 4. The van der Waals surface area contributed by atoms with E-state index in [1.54, 1.807) is 0 Å². The van der Waals surface area contributed by atoms with Crippen LogP contribution >= 0.6 is 0 Å². The Hall–Kier alpha value is -2.02. The molecule has 0 unspecified atom stereocenters. The number of carbonyl (C=O) groups excluding carboxylic acids is 4. The van der Waals surface area contributed by atoms with Gasteiger partial charge in [0.2, 0.25) is 11.8 Å². The first-order valence-electron chi connectivity index (χ1n) is 3.93. The van der Waals surface area contributed by atoms with Gasteiger partial charge in [-0.3, -0.25) is 29.8 Å². The van der Waals surface area contributed by atoms with Crippen LogP contribution in [-0.4, -0.2) is 23.6 Å². The molecule has 0 aromatic carbocycles. The molecule has 0 bridgehead atoms. The van der Waals surface area contributed by atoms with Gasteiger partial charge in [-0.1, -0.05) is 0 Å². The number of hydrogen-bond acceptors (Lipinski definition) is 5. The molecule has 5 N–H and O–H groups in total. The largest absolute Gasteiger partial charge is 0.344 e. The van der Waals surface area contributed by atoms with Crippen molar-refractivity contribution in [3.05, 3.63) is 12.2 Å². The zero-order valence-electron chi connectivity index (χ0n) is 7.91. The molecular formula is C8H11N3O4. The Balaban J connectivity index is 0.000000245. The van der Waals surface area contributed by atoms with E-state index in [0.29, 0.717) is 12.8 Å². The molecule has 0 radical (unpaired) electrons. The van der Waals surface area contributed by atoms with Crippen molar-refractivity contribution in [3.63, 3.8) is 0 Å². The zero-order valence-corrected chi connectivity index (χ0v) is 7.91. The van der Waals surface area contributed by atoms with Crippen LogP contribution in [0.4, 0.5) is 0 Å². The van der Waals surface area contributed by atoms with Gasteiger partial charge in [-0.05, 0) is 0 Å². The number of nitrogens with one attached hydrogen (secondary N) is 2. The van der Waals surface area contributed by atoms with Crippen molar-refractivity contribution in [3.8, 4) is 0 Å². The van der Waals surface area contributed by atoms with Gasteiger partial charge in [0.1, 0.15) is 0 Å². The summed E-state index contributed by atoms with van der Waals surface area (Å²) in [6, 6.07) is 0. The molecule has 0 aromatic rings. The highest BCUT2D eigenvalue weighted by molar-refractivity contribution is 6.12. The maximum Gasteiger partial charge on any atom is 0.250 e. The number of hydrogen-bond donors (Lipinski definition) is 3. The molecule has 1 saturated heterocycles. The van der Waals surface area contributed by atoms with E-state index in [1.165, 1.54) is 12.2 Å². The van der Waals surface area contributed by atoms with Gasteiger partial charge in [-0.25, -0.2) is 0 Å². The van der Waals surface area contributed by atoms with Gasteiger partial charge >= 0.3 is 0 Å². The summed E-state index contributed by atoms with van der Waals surface area (Å²) in [5, 5.41) is 4.17. The Labute approximate surface area is 85.5 Å². The summed E-state index contributed by atoms with van der Waals surface area (Å²) < 4.78 is 0. The highest BCUT2D eigenvalue weighted by Crippen LogP contribution is 1.95. The minimum Gasteiger partial charge on any atom is -0.344 e. The average molecular weight is 213 g/mol. The van der Waals surface area contributed by atoms with Gasteiger partial charge in [0.25, 0.3) is 11.8 Å². The van der Waals surface area contributed by atoms with Crippen LogP contribution < -0.4 is 16.8 Å². The summed E-state index contributed by atoms with van der Waals surface area (Å²) in [7, 11) is 0. The molecule has 0 saturated carbocycles. The lowest BCUT2D eigenvalue weighted by atomic mass is 10.4. The molecular weight excluding hydrogens is 202 g/mol. The van der Waals surface area contributed by atoms with Gasteiger partial charge in [-0.2, -0.15) is 0 Å². The Morgan fingerprint density at radius 3 is 1.33 bits per heavy atom. The molecule has 2 rings (SSSR count). The number of rotatable bonds is 0. The third kappa shape index (κ3) is 4.67. The minimum atomic E-state index is -0.329. The van der Waals surface area contributed by atoms with Crippen LogP contribution in [-0.2, 0) is 19.2 Å². The second kappa shape index (κ2) is 5.66. The van der Waals surface area contributed by atoms with E-state index in [2.05, 4.69) is 5.32 Å². The Bertz CT molecular complexity index is 305. The van der Waals surface area contributed by atoms with Gasteiger partial charge in [0.05, 0.1) is 0 Å². The predicted octanol–water partition coefficient (Wildman–Crippen LogP) is -1.22. The summed E-state index contributed by atoms with van der Waals surface area (Å²) in [6.07, 6.45) is 3.14. The first-order chi connectivity index (χ1) is 6.58. The smallest absolute Gasteiger partial charge is 0.250 e. The maximum atomic E-state index is 10.1. The van der Waals surface area contributed by atoms with Crippen molar-refractivity contribution < 1.29 is 19.2 Å². The highest BCUT2D eigenvalue weighted by Gasteiger charge is 2.15. The molecule has 0 aliphatic carbocycles. The lowest BCUT2D eigenvalue weighted by Gasteiger charge is -1.80. The van der Waals surface area contributed by atoms with E-state index in [0.717, 1.165) is 0 Å². The molecule has 82 valence electrons. The van der Waals surface area contributed by atoms with Crippen LogP contribution in [0.1, 0.15) is 12.8 Å². The molecule has 2 heterocycles. The van der Waals surface area contributed by atoms with Crippen molar-refractivity contribution >= 4 is 23.6 Å². The van der Waals surface area contributed by atoms with Crippen molar-refractivity contribution in [2.75, 3.05) is 0 Å². The number of imide groups is 2. The monoisotopic (exact) mass is 213 g/mol. The SMILES string of the molecule is N.O=C1C=CC(=O)N1.O=C1CCC(=O)N1. The van der Waals surface area contributed by atoms with Crippen LogP contribution in [0.5, 0.6) is 0 Å². The predicted molar refractivity (Wildman–Crippen MR) is 49.7 cm³/mol. The summed E-state index contributed by atoms with van der Waals surface area (Å²) in [4.78, 5) is 40.3. The van der Waals surface area contributed by atoms with Crippen molar-refractivity contribution in [2.24, 2.45) is 0 Å². The van der Waals surface area contributed by atoms with E-state index in [9.17, 15) is 19.2 Å². The fraction of sp³-hybridized carbons (Fsp3) is 0.250. The van der Waals surface area contributed by atoms with Gasteiger partial charge in [0, 0.05) is 25.0 Å². The molecule has 7 nitrogen and oxygen atoms in total. The van der Waals surface area contributed by atoms with Crippen molar-refractivity contribution in [2.45, 2.75) is 12.8 Å². The summed E-state index contributed by atoms with van der Waals surface area (Å²) >= 11 is 0. The molecule has 7 heteroatoms.